The molecule has 0 N–H and O–H groups in total. The summed E-state index contributed by atoms with van der Waals surface area (Å²) < 4.78 is 0. The topological polar surface area (TPSA) is 50.3 Å². The molecule has 228 valence electrons. The third-order valence-electron chi connectivity index (χ3n) is 9.96. The molecule has 1 heterocycles. The number of benzene rings is 8. The zero-order chi connectivity index (χ0) is 32.6. The molecule has 4 nitrogen and oxygen atoms in total. The molecule has 0 atom stereocenters. The fourth-order valence-electron chi connectivity index (χ4n) is 7.66. The van der Waals surface area contributed by atoms with Gasteiger partial charge in [0.2, 0.25) is 0 Å². The van der Waals surface area contributed by atoms with E-state index < -0.39 is 0 Å². The maximum absolute atomic E-state index is 13.7. The summed E-state index contributed by atoms with van der Waals surface area (Å²) in [7, 11) is 0. The number of carbonyl (C=O) groups excluding carboxylic acids is 2. The highest BCUT2D eigenvalue weighted by Gasteiger charge is 2.33. The number of anilines is 3. The van der Waals surface area contributed by atoms with Crippen LogP contribution in [0.5, 0.6) is 0 Å². The molecule has 1 aliphatic carbocycles. The van der Waals surface area contributed by atoms with Crippen molar-refractivity contribution in [1.29, 1.82) is 0 Å². The molecule has 0 saturated heterocycles. The van der Waals surface area contributed by atoms with Gasteiger partial charge in [0.15, 0.2) is 11.6 Å². The van der Waals surface area contributed by atoms with Crippen LogP contribution in [-0.4, -0.2) is 16.6 Å². The first-order chi connectivity index (χ1) is 24.1. The molecule has 0 bridgehead atoms. The van der Waals surface area contributed by atoms with E-state index in [4.69, 9.17) is 4.98 Å². The summed E-state index contributed by atoms with van der Waals surface area (Å²) in [6.07, 6.45) is 3.66. The minimum Gasteiger partial charge on any atom is -0.294 e. The molecule has 8 aromatic carbocycles. The quantitative estimate of drug-likeness (QED) is 0.111. The lowest BCUT2D eigenvalue weighted by atomic mass is 9.90. The fourth-order valence-corrected chi connectivity index (χ4v) is 7.66. The number of aromatic nitrogens is 1. The van der Waals surface area contributed by atoms with Crippen LogP contribution in [-0.2, 0) is 0 Å². The van der Waals surface area contributed by atoms with Gasteiger partial charge in [-0.3, -0.25) is 14.5 Å². The highest BCUT2D eigenvalue weighted by molar-refractivity contribution is 6.42. The van der Waals surface area contributed by atoms with E-state index in [0.29, 0.717) is 11.1 Å². The minimum absolute atomic E-state index is 0.207. The lowest BCUT2D eigenvalue weighted by molar-refractivity contribution is 0.0990. The van der Waals surface area contributed by atoms with Crippen molar-refractivity contribution in [2.24, 2.45) is 0 Å². The molecule has 1 aromatic heterocycles. The van der Waals surface area contributed by atoms with E-state index in [1.165, 1.54) is 0 Å². The number of hydrogen-bond acceptors (Lipinski definition) is 4. The number of carbonyl (C=O) groups is 2. The molecule has 9 aromatic rings. The number of fused-ring (bicyclic) bond motifs is 3. The smallest absolute Gasteiger partial charge is 0.197 e. The van der Waals surface area contributed by atoms with Gasteiger partial charge in [0.25, 0.3) is 0 Å². The Balaban J connectivity index is 1.19. The molecule has 10 rings (SSSR count). The van der Waals surface area contributed by atoms with Gasteiger partial charge in [0, 0.05) is 33.8 Å². The van der Waals surface area contributed by atoms with Crippen LogP contribution < -0.4 is 4.90 Å². The molecule has 4 heteroatoms. The average molecular weight is 627 g/mol. The standard InChI is InChI=1S/C45H26N2O2/c48-43-37-24-30-9-4-5-10-31(30)25-38(37)44(49)39(43)26-32-15-14-28-17-20-36-40(21-18-29-16-19-34(32)41(28)42(29)36)47(33-11-2-1-3-12-33)45-35-13-7-6-8-27(35)22-23-46-45/h1-26H. The van der Waals surface area contributed by atoms with Crippen LogP contribution in [0.1, 0.15) is 26.3 Å². The van der Waals surface area contributed by atoms with Gasteiger partial charge < -0.3 is 0 Å². The first-order valence-corrected chi connectivity index (χ1v) is 16.4. The second-order valence-electron chi connectivity index (χ2n) is 12.6. The molecule has 0 amide bonds. The zero-order valence-electron chi connectivity index (χ0n) is 26.2. The number of Topliss-reactive ketones (excluding diaryl/α,β-unsaturated/α-hetero) is 2. The van der Waals surface area contributed by atoms with Gasteiger partial charge in [-0.1, -0.05) is 109 Å². The monoisotopic (exact) mass is 626 g/mol. The van der Waals surface area contributed by atoms with E-state index in [0.717, 1.165) is 76.6 Å². The van der Waals surface area contributed by atoms with Crippen molar-refractivity contribution in [3.8, 4) is 0 Å². The highest BCUT2D eigenvalue weighted by atomic mass is 16.2. The maximum atomic E-state index is 13.7. The van der Waals surface area contributed by atoms with Crippen LogP contribution >= 0.6 is 0 Å². The van der Waals surface area contributed by atoms with Gasteiger partial charge in [-0.25, -0.2) is 4.98 Å². The SMILES string of the molecule is O=C1C(=Cc2ccc3ccc4c(N(c5ccccc5)c5nccc6ccccc56)ccc5ccc2c3c54)C(=O)c2cc3ccccc3cc21. The first-order valence-electron chi connectivity index (χ1n) is 16.4. The van der Waals surface area contributed by atoms with Gasteiger partial charge in [0.05, 0.1) is 11.3 Å². The normalized spacial score (nSPS) is 12.9. The predicted molar refractivity (Wildman–Crippen MR) is 201 cm³/mol. The number of allylic oxidation sites excluding steroid dienone is 1. The maximum Gasteiger partial charge on any atom is 0.197 e. The van der Waals surface area contributed by atoms with E-state index in [9.17, 15) is 9.59 Å². The van der Waals surface area contributed by atoms with E-state index >= 15 is 0 Å². The minimum atomic E-state index is -0.222. The second kappa shape index (κ2) is 10.4. The number of rotatable bonds is 4. The zero-order valence-corrected chi connectivity index (χ0v) is 26.2. The van der Waals surface area contributed by atoms with Gasteiger partial charge in [-0.2, -0.15) is 0 Å². The Morgan fingerprint density at radius 3 is 1.82 bits per heavy atom. The van der Waals surface area contributed by atoms with Crippen LogP contribution in [0.3, 0.4) is 0 Å². The van der Waals surface area contributed by atoms with Gasteiger partial charge in [-0.15, -0.1) is 0 Å². The molecule has 0 aliphatic heterocycles. The summed E-state index contributed by atoms with van der Waals surface area (Å²) in [5.74, 6) is 0.412. The molecule has 49 heavy (non-hydrogen) atoms. The van der Waals surface area contributed by atoms with Crippen molar-refractivity contribution in [1.82, 2.24) is 4.98 Å². The van der Waals surface area contributed by atoms with Gasteiger partial charge in [0.1, 0.15) is 5.82 Å². The summed E-state index contributed by atoms with van der Waals surface area (Å²) in [5.41, 5.74) is 4.03. The molecule has 0 spiro atoms. The molecule has 0 radical (unpaired) electrons. The third-order valence-corrected chi connectivity index (χ3v) is 9.96. The van der Waals surface area contributed by atoms with Gasteiger partial charge >= 0.3 is 0 Å². The van der Waals surface area contributed by atoms with Crippen molar-refractivity contribution >= 4 is 88.7 Å². The number of hydrogen-bond donors (Lipinski definition) is 0. The van der Waals surface area contributed by atoms with Crippen LogP contribution in [0, 0.1) is 0 Å². The lowest BCUT2D eigenvalue weighted by Gasteiger charge is -2.27. The van der Waals surface area contributed by atoms with Gasteiger partial charge in [-0.05, 0) is 91.1 Å². The van der Waals surface area contributed by atoms with Crippen LogP contribution in [0.25, 0.3) is 59.9 Å². The molecular weight excluding hydrogens is 601 g/mol. The van der Waals surface area contributed by atoms with Crippen LogP contribution in [0.2, 0.25) is 0 Å². The molecule has 0 saturated carbocycles. The number of nitrogens with zero attached hydrogens (tertiary/aromatic N) is 2. The Morgan fingerprint density at radius 2 is 1.08 bits per heavy atom. The van der Waals surface area contributed by atoms with Crippen molar-refractivity contribution in [2.45, 2.75) is 0 Å². The summed E-state index contributed by atoms with van der Waals surface area (Å²) in [6.45, 7) is 0. The Labute approximate surface area is 281 Å². The molecule has 1 aliphatic rings. The fraction of sp³-hybridized carbons (Fsp3) is 0. The second-order valence-corrected chi connectivity index (χ2v) is 12.6. The molecule has 0 unspecified atom stereocenters. The Kier molecular flexibility index (Phi) is 5.84. The average Bonchev–Trinajstić information content (AvgIpc) is 3.38. The number of para-hydroxylation sites is 1. The van der Waals surface area contributed by atoms with Crippen molar-refractivity contribution in [3.63, 3.8) is 0 Å². The van der Waals surface area contributed by atoms with E-state index in [-0.39, 0.29) is 17.1 Å². The number of ketones is 2. The Bertz CT molecular complexity index is 2810. The van der Waals surface area contributed by atoms with Crippen LogP contribution in [0.15, 0.2) is 157 Å². The molecule has 0 fully saturated rings. The van der Waals surface area contributed by atoms with E-state index in [1.807, 2.05) is 60.8 Å². The summed E-state index contributed by atoms with van der Waals surface area (Å²) in [5, 5.41) is 10.6. The summed E-state index contributed by atoms with van der Waals surface area (Å²) in [4.78, 5) is 34.6. The van der Waals surface area contributed by atoms with Crippen molar-refractivity contribution in [3.05, 3.63) is 174 Å². The highest BCUT2D eigenvalue weighted by Crippen LogP contribution is 2.45. The first kappa shape index (κ1) is 27.5. The Morgan fingerprint density at radius 1 is 0.490 bits per heavy atom. The van der Waals surface area contributed by atoms with Crippen molar-refractivity contribution in [2.75, 3.05) is 4.90 Å². The van der Waals surface area contributed by atoms with E-state index in [2.05, 4.69) is 95.9 Å². The summed E-state index contributed by atoms with van der Waals surface area (Å²) >= 11 is 0. The number of pyridine rings is 1. The summed E-state index contributed by atoms with van der Waals surface area (Å²) in [6, 6.07) is 49.3. The van der Waals surface area contributed by atoms with Crippen LogP contribution in [0.4, 0.5) is 17.2 Å². The largest absolute Gasteiger partial charge is 0.294 e. The van der Waals surface area contributed by atoms with Crippen molar-refractivity contribution < 1.29 is 9.59 Å². The predicted octanol–water partition coefficient (Wildman–Crippen LogP) is 11.2. The molecular formula is C45H26N2O2. The van der Waals surface area contributed by atoms with E-state index in [1.54, 1.807) is 6.08 Å². The Hall–Kier alpha value is -6.65. The third kappa shape index (κ3) is 4.07. The lowest BCUT2D eigenvalue weighted by Crippen LogP contribution is -2.12.